The SMILES string of the molecule is CCCCCCCCCCO[C@@H]1[C@@H](O)[C@H](O)CO[C@H]1CO. The van der Waals surface area contributed by atoms with Gasteiger partial charge in [-0.1, -0.05) is 51.9 Å². The van der Waals surface area contributed by atoms with Crippen LogP contribution in [0.2, 0.25) is 0 Å². The molecule has 0 aromatic heterocycles. The Kier molecular flexibility index (Phi) is 10.2. The van der Waals surface area contributed by atoms with Gasteiger partial charge in [0.1, 0.15) is 24.4 Å². The van der Waals surface area contributed by atoms with Crippen molar-refractivity contribution >= 4 is 0 Å². The summed E-state index contributed by atoms with van der Waals surface area (Å²) >= 11 is 0. The largest absolute Gasteiger partial charge is 0.394 e. The molecular weight excluding hydrogens is 272 g/mol. The zero-order valence-electron chi connectivity index (χ0n) is 13.2. The lowest BCUT2D eigenvalue weighted by molar-refractivity contribution is -0.211. The highest BCUT2D eigenvalue weighted by Gasteiger charge is 2.39. The second-order valence-corrected chi connectivity index (χ2v) is 5.92. The monoisotopic (exact) mass is 304 g/mol. The molecule has 1 fully saturated rings. The van der Waals surface area contributed by atoms with Gasteiger partial charge in [-0.2, -0.15) is 0 Å². The molecular formula is C16H32O5. The zero-order chi connectivity index (χ0) is 15.5. The Morgan fingerprint density at radius 2 is 1.62 bits per heavy atom. The van der Waals surface area contributed by atoms with Crippen LogP contribution in [0.25, 0.3) is 0 Å². The fraction of sp³-hybridized carbons (Fsp3) is 1.00. The molecule has 0 saturated carbocycles. The Labute approximate surface area is 128 Å². The molecule has 1 rings (SSSR count). The smallest absolute Gasteiger partial charge is 0.114 e. The average Bonchev–Trinajstić information content (AvgIpc) is 2.49. The van der Waals surface area contributed by atoms with Crippen LogP contribution in [0.3, 0.4) is 0 Å². The Balaban J connectivity index is 2.07. The normalized spacial score (nSPS) is 29.7. The van der Waals surface area contributed by atoms with E-state index in [1.165, 1.54) is 38.5 Å². The molecule has 1 aliphatic rings. The molecule has 1 heterocycles. The molecule has 5 nitrogen and oxygen atoms in total. The molecule has 5 heteroatoms. The van der Waals surface area contributed by atoms with Crippen molar-refractivity contribution in [1.29, 1.82) is 0 Å². The second kappa shape index (κ2) is 11.4. The quantitative estimate of drug-likeness (QED) is 0.506. The first-order valence-electron chi connectivity index (χ1n) is 8.40. The summed E-state index contributed by atoms with van der Waals surface area (Å²) in [7, 11) is 0. The van der Waals surface area contributed by atoms with Crippen molar-refractivity contribution in [2.24, 2.45) is 0 Å². The standard InChI is InChI=1S/C16H32O5/c1-2-3-4-5-6-7-8-9-10-20-16-14(11-17)21-12-13(18)15(16)19/h13-19H,2-12H2,1H3/t13-,14+,15+,16+/m1/s1. The van der Waals surface area contributed by atoms with Crippen molar-refractivity contribution in [2.75, 3.05) is 19.8 Å². The summed E-state index contributed by atoms with van der Waals surface area (Å²) in [6, 6.07) is 0. The van der Waals surface area contributed by atoms with Gasteiger partial charge < -0.3 is 24.8 Å². The average molecular weight is 304 g/mol. The van der Waals surface area contributed by atoms with Crippen molar-refractivity contribution in [3.8, 4) is 0 Å². The van der Waals surface area contributed by atoms with Crippen LogP contribution < -0.4 is 0 Å². The Bertz CT molecular complexity index is 247. The van der Waals surface area contributed by atoms with E-state index in [1.807, 2.05) is 0 Å². The first kappa shape index (κ1) is 18.8. The van der Waals surface area contributed by atoms with Gasteiger partial charge >= 0.3 is 0 Å². The number of hydrogen-bond donors (Lipinski definition) is 3. The minimum Gasteiger partial charge on any atom is -0.394 e. The number of ether oxygens (including phenoxy) is 2. The van der Waals surface area contributed by atoms with E-state index < -0.39 is 24.4 Å². The van der Waals surface area contributed by atoms with Gasteiger partial charge in [-0.25, -0.2) is 0 Å². The van der Waals surface area contributed by atoms with Crippen LogP contribution in [-0.4, -0.2) is 59.6 Å². The molecule has 0 aromatic carbocycles. The molecule has 126 valence electrons. The Morgan fingerprint density at radius 3 is 2.24 bits per heavy atom. The maximum Gasteiger partial charge on any atom is 0.114 e. The number of rotatable bonds is 11. The molecule has 0 radical (unpaired) electrons. The fourth-order valence-corrected chi connectivity index (χ4v) is 2.67. The molecule has 0 amide bonds. The minimum absolute atomic E-state index is 0.0456. The van der Waals surface area contributed by atoms with Gasteiger partial charge in [0, 0.05) is 6.61 Å². The maximum absolute atomic E-state index is 9.90. The minimum atomic E-state index is -0.982. The van der Waals surface area contributed by atoms with E-state index in [2.05, 4.69) is 6.92 Å². The van der Waals surface area contributed by atoms with E-state index >= 15 is 0 Å². The summed E-state index contributed by atoms with van der Waals surface area (Å²) in [4.78, 5) is 0. The van der Waals surface area contributed by atoms with Crippen LogP contribution >= 0.6 is 0 Å². The summed E-state index contributed by atoms with van der Waals surface area (Å²) in [5.74, 6) is 0. The van der Waals surface area contributed by atoms with E-state index in [9.17, 15) is 15.3 Å². The van der Waals surface area contributed by atoms with Gasteiger partial charge in [-0.3, -0.25) is 0 Å². The third-order valence-electron chi connectivity index (χ3n) is 4.07. The number of unbranched alkanes of at least 4 members (excludes halogenated alkanes) is 7. The van der Waals surface area contributed by atoms with E-state index in [4.69, 9.17) is 9.47 Å². The van der Waals surface area contributed by atoms with Gasteiger partial charge in [0.2, 0.25) is 0 Å². The molecule has 0 aliphatic carbocycles. The van der Waals surface area contributed by atoms with Crippen molar-refractivity contribution < 1.29 is 24.8 Å². The highest BCUT2D eigenvalue weighted by atomic mass is 16.6. The lowest BCUT2D eigenvalue weighted by Gasteiger charge is -2.37. The van der Waals surface area contributed by atoms with Crippen LogP contribution in [0.1, 0.15) is 58.3 Å². The third kappa shape index (κ3) is 7.06. The lowest BCUT2D eigenvalue weighted by Crippen LogP contribution is -2.55. The first-order chi connectivity index (χ1) is 10.2. The maximum atomic E-state index is 9.90. The van der Waals surface area contributed by atoms with Gasteiger partial charge in [0.05, 0.1) is 13.2 Å². The predicted octanol–water partition coefficient (Wildman–Crippen LogP) is 1.63. The van der Waals surface area contributed by atoms with E-state index in [0.29, 0.717) is 6.61 Å². The van der Waals surface area contributed by atoms with Crippen LogP contribution in [0, 0.1) is 0 Å². The molecule has 21 heavy (non-hydrogen) atoms. The van der Waals surface area contributed by atoms with Crippen LogP contribution in [0.5, 0.6) is 0 Å². The van der Waals surface area contributed by atoms with Gasteiger partial charge in [0.25, 0.3) is 0 Å². The number of aliphatic hydroxyl groups excluding tert-OH is 3. The third-order valence-corrected chi connectivity index (χ3v) is 4.07. The van der Waals surface area contributed by atoms with E-state index in [-0.39, 0.29) is 13.2 Å². The number of aliphatic hydroxyl groups is 3. The molecule has 0 aromatic rings. The van der Waals surface area contributed by atoms with Crippen molar-refractivity contribution in [2.45, 2.75) is 82.7 Å². The molecule has 3 N–H and O–H groups in total. The summed E-state index contributed by atoms with van der Waals surface area (Å²) in [5, 5.41) is 28.7. The predicted molar refractivity (Wildman–Crippen MR) is 81.2 cm³/mol. The fourth-order valence-electron chi connectivity index (χ4n) is 2.67. The van der Waals surface area contributed by atoms with E-state index in [1.54, 1.807) is 0 Å². The second-order valence-electron chi connectivity index (χ2n) is 5.92. The van der Waals surface area contributed by atoms with Gasteiger partial charge in [-0.15, -0.1) is 0 Å². The molecule has 4 atom stereocenters. The molecule has 1 saturated heterocycles. The summed E-state index contributed by atoms with van der Waals surface area (Å²) in [5.41, 5.74) is 0. The topological polar surface area (TPSA) is 79.2 Å². The molecule has 0 spiro atoms. The highest BCUT2D eigenvalue weighted by Crippen LogP contribution is 2.19. The Hall–Kier alpha value is -0.200. The van der Waals surface area contributed by atoms with E-state index in [0.717, 1.165) is 12.8 Å². The van der Waals surface area contributed by atoms with Crippen LogP contribution in [0.15, 0.2) is 0 Å². The Morgan fingerprint density at radius 1 is 1.00 bits per heavy atom. The first-order valence-corrected chi connectivity index (χ1v) is 8.40. The zero-order valence-corrected chi connectivity index (χ0v) is 13.2. The highest BCUT2D eigenvalue weighted by molar-refractivity contribution is 4.87. The van der Waals surface area contributed by atoms with Crippen molar-refractivity contribution in [3.05, 3.63) is 0 Å². The van der Waals surface area contributed by atoms with Crippen molar-refractivity contribution in [3.63, 3.8) is 0 Å². The number of hydrogen-bond acceptors (Lipinski definition) is 5. The molecule has 1 aliphatic heterocycles. The van der Waals surface area contributed by atoms with Crippen LogP contribution in [0.4, 0.5) is 0 Å². The summed E-state index contributed by atoms with van der Waals surface area (Å²) in [6.45, 7) is 2.59. The van der Waals surface area contributed by atoms with Gasteiger partial charge in [-0.05, 0) is 6.42 Å². The van der Waals surface area contributed by atoms with Crippen LogP contribution in [-0.2, 0) is 9.47 Å². The lowest BCUT2D eigenvalue weighted by atomic mass is 10.0. The summed E-state index contributed by atoms with van der Waals surface area (Å²) in [6.07, 6.45) is 6.67. The summed E-state index contributed by atoms with van der Waals surface area (Å²) < 4.78 is 10.9. The van der Waals surface area contributed by atoms with Crippen molar-refractivity contribution in [1.82, 2.24) is 0 Å². The molecule has 0 unspecified atom stereocenters. The molecule has 0 bridgehead atoms. The van der Waals surface area contributed by atoms with Gasteiger partial charge in [0.15, 0.2) is 0 Å².